The topological polar surface area (TPSA) is 133 Å². The second-order valence-electron chi connectivity index (χ2n) is 7.83. The zero-order valence-electron chi connectivity index (χ0n) is 19.0. The zero-order valence-corrected chi connectivity index (χ0v) is 19.0. The number of carbonyl (C=O) groups excluding carboxylic acids is 1. The van der Waals surface area contributed by atoms with Crippen LogP contribution in [0.5, 0.6) is 11.6 Å². The monoisotopic (exact) mass is 472 g/mol. The number of benzene rings is 1. The normalized spacial score (nSPS) is 14.5. The van der Waals surface area contributed by atoms with Gasteiger partial charge in [0, 0.05) is 6.54 Å². The fraction of sp³-hybridized carbons (Fsp3) is 0.409. The lowest BCUT2D eigenvalue weighted by Crippen LogP contribution is -2.44. The maximum Gasteiger partial charge on any atom is 0.414 e. The van der Waals surface area contributed by atoms with E-state index in [4.69, 9.17) is 9.47 Å². The maximum absolute atomic E-state index is 13.8. The van der Waals surface area contributed by atoms with Crippen LogP contribution in [0.25, 0.3) is 5.69 Å². The smallest absolute Gasteiger partial charge is 0.414 e. The Bertz CT molecular complexity index is 1280. The zero-order chi connectivity index (χ0) is 24.5. The average Bonchev–Trinajstić information content (AvgIpc) is 3.26. The average molecular weight is 472 g/mol. The largest absolute Gasteiger partial charge is 0.499 e. The highest BCUT2D eigenvalue weighted by Crippen LogP contribution is 2.36. The van der Waals surface area contributed by atoms with Gasteiger partial charge in [0.2, 0.25) is 5.75 Å². The molecule has 0 radical (unpaired) electrons. The molecule has 180 valence electrons. The van der Waals surface area contributed by atoms with Crippen LogP contribution in [0.1, 0.15) is 43.9 Å². The first-order chi connectivity index (χ1) is 16.3. The van der Waals surface area contributed by atoms with E-state index in [1.807, 2.05) is 13.8 Å². The molecular weight excluding hydrogens is 447 g/mol. The molecule has 2 N–H and O–H groups in total. The van der Waals surface area contributed by atoms with Gasteiger partial charge in [-0.3, -0.25) is 9.36 Å². The van der Waals surface area contributed by atoms with Crippen molar-refractivity contribution in [3.63, 3.8) is 0 Å². The molecule has 0 saturated carbocycles. The molecular formula is C22H25FN6O5. The Morgan fingerprint density at radius 3 is 2.79 bits per heavy atom. The highest BCUT2D eigenvalue weighted by atomic mass is 19.1. The van der Waals surface area contributed by atoms with E-state index in [9.17, 15) is 19.1 Å². The summed E-state index contributed by atoms with van der Waals surface area (Å²) in [5, 5.41) is 16.9. The third-order valence-corrected chi connectivity index (χ3v) is 5.96. The number of ether oxygens (including phenoxy) is 2. The first-order valence-corrected chi connectivity index (χ1v) is 10.9. The van der Waals surface area contributed by atoms with E-state index in [-0.39, 0.29) is 13.1 Å². The fourth-order valence-corrected chi connectivity index (χ4v) is 4.03. The molecule has 34 heavy (non-hydrogen) atoms. The number of fused-ring (bicyclic) bond motifs is 1. The molecule has 12 heteroatoms. The number of hydrogen-bond acceptors (Lipinski definition) is 8. The van der Waals surface area contributed by atoms with Crippen LogP contribution < -0.4 is 15.6 Å². The molecule has 0 saturated heterocycles. The Kier molecular flexibility index (Phi) is 6.33. The van der Waals surface area contributed by atoms with Crippen LogP contribution in [-0.4, -0.2) is 42.1 Å². The molecule has 0 aliphatic carbocycles. The fourth-order valence-electron chi connectivity index (χ4n) is 4.03. The minimum Gasteiger partial charge on any atom is -0.499 e. The molecule has 0 bridgehead atoms. The van der Waals surface area contributed by atoms with E-state index in [0.29, 0.717) is 42.3 Å². The Labute approximate surface area is 194 Å². The lowest BCUT2D eigenvalue weighted by molar-refractivity contribution is -0.0893. The van der Waals surface area contributed by atoms with Crippen LogP contribution in [0, 0.1) is 12.7 Å². The van der Waals surface area contributed by atoms with Gasteiger partial charge in [0.05, 0.1) is 18.8 Å². The Balaban J connectivity index is 1.57. The maximum atomic E-state index is 13.8. The number of carbonyl (C=O) groups is 1. The summed E-state index contributed by atoms with van der Waals surface area (Å²) in [6, 6.07) is 4.03. The van der Waals surface area contributed by atoms with Gasteiger partial charge < -0.3 is 19.9 Å². The van der Waals surface area contributed by atoms with Crippen molar-refractivity contribution in [3.8, 4) is 17.3 Å². The number of rotatable bonds is 6. The Hall–Kier alpha value is -3.80. The van der Waals surface area contributed by atoms with Crippen molar-refractivity contribution >= 4 is 6.09 Å². The van der Waals surface area contributed by atoms with Gasteiger partial charge in [0.15, 0.2) is 0 Å². The van der Waals surface area contributed by atoms with Gasteiger partial charge in [-0.15, -0.1) is 0 Å². The molecule has 2 aromatic heterocycles. The Morgan fingerprint density at radius 1 is 1.35 bits per heavy atom. The second-order valence-corrected chi connectivity index (χ2v) is 7.83. The van der Waals surface area contributed by atoms with Crippen molar-refractivity contribution in [2.45, 2.75) is 52.3 Å². The van der Waals surface area contributed by atoms with E-state index in [0.717, 1.165) is 0 Å². The standard InChI is InChI=1S/C22H25FN6O5/c1-4-22(5-2)20-27-18(17(30)19(31)28(20)8-9-33-22)34-21(32)24-11-14-6-7-15(23)10-16(14)29-13(3)25-12-26-29/h6-7,10,12,30H,4-5,8-9,11H2,1-3H3,(H,24,32). The van der Waals surface area contributed by atoms with Crippen molar-refractivity contribution in [2.24, 2.45) is 0 Å². The number of nitrogens with one attached hydrogen (secondary N) is 1. The van der Waals surface area contributed by atoms with Crippen LogP contribution >= 0.6 is 0 Å². The minimum absolute atomic E-state index is 0.0462. The van der Waals surface area contributed by atoms with Gasteiger partial charge in [-0.2, -0.15) is 10.1 Å². The third kappa shape index (κ3) is 4.12. The first kappa shape index (κ1) is 23.4. The lowest BCUT2D eigenvalue weighted by Gasteiger charge is -2.37. The van der Waals surface area contributed by atoms with Gasteiger partial charge in [0.1, 0.15) is 29.4 Å². The van der Waals surface area contributed by atoms with Crippen LogP contribution in [0.15, 0.2) is 29.3 Å². The van der Waals surface area contributed by atoms with Crippen molar-refractivity contribution in [1.82, 2.24) is 29.6 Å². The predicted molar refractivity (Wildman–Crippen MR) is 117 cm³/mol. The van der Waals surface area contributed by atoms with Crippen molar-refractivity contribution in [2.75, 3.05) is 6.61 Å². The summed E-state index contributed by atoms with van der Waals surface area (Å²) in [6.45, 7) is 6.02. The van der Waals surface area contributed by atoms with Gasteiger partial charge in [-0.25, -0.2) is 18.9 Å². The van der Waals surface area contributed by atoms with Crippen molar-refractivity contribution in [1.29, 1.82) is 0 Å². The summed E-state index contributed by atoms with van der Waals surface area (Å²) in [5.41, 5.74) is -0.585. The van der Waals surface area contributed by atoms with E-state index in [1.165, 1.54) is 33.8 Å². The van der Waals surface area contributed by atoms with E-state index in [2.05, 4.69) is 20.4 Å². The molecule has 0 fully saturated rings. The summed E-state index contributed by atoms with van der Waals surface area (Å²) >= 11 is 0. The van der Waals surface area contributed by atoms with Crippen LogP contribution in [0.3, 0.4) is 0 Å². The second kappa shape index (κ2) is 9.21. The number of halogens is 1. The summed E-state index contributed by atoms with van der Waals surface area (Å²) in [7, 11) is 0. The number of amides is 1. The van der Waals surface area contributed by atoms with Crippen molar-refractivity contribution < 1.29 is 23.8 Å². The molecule has 0 atom stereocenters. The number of nitrogens with zero attached hydrogens (tertiary/aromatic N) is 5. The quantitative estimate of drug-likeness (QED) is 0.558. The number of hydrogen-bond donors (Lipinski definition) is 2. The first-order valence-electron chi connectivity index (χ1n) is 10.9. The predicted octanol–water partition coefficient (Wildman–Crippen LogP) is 2.31. The van der Waals surface area contributed by atoms with Gasteiger partial charge in [-0.05, 0) is 37.5 Å². The molecule has 1 aliphatic heterocycles. The van der Waals surface area contributed by atoms with Crippen LogP contribution in [-0.2, 0) is 23.4 Å². The summed E-state index contributed by atoms with van der Waals surface area (Å²) < 4.78 is 27.7. The summed E-state index contributed by atoms with van der Waals surface area (Å²) in [4.78, 5) is 33.5. The minimum atomic E-state index is -0.951. The SMILES string of the molecule is CCC1(CC)OCCn2c1nc(OC(=O)NCc1ccc(F)cc1-n1ncnc1C)c(O)c2=O. The molecule has 3 aromatic rings. The van der Waals surface area contributed by atoms with Crippen LogP contribution in [0.2, 0.25) is 0 Å². The van der Waals surface area contributed by atoms with E-state index in [1.54, 1.807) is 6.92 Å². The Morgan fingerprint density at radius 2 is 2.12 bits per heavy atom. The van der Waals surface area contributed by atoms with Gasteiger partial charge in [0.25, 0.3) is 11.4 Å². The molecule has 1 amide bonds. The number of aromatic hydroxyl groups is 1. The number of aromatic nitrogens is 5. The highest BCUT2D eigenvalue weighted by Gasteiger charge is 2.39. The third-order valence-electron chi connectivity index (χ3n) is 5.96. The number of aryl methyl sites for hydroxylation is 1. The molecule has 4 rings (SSSR count). The van der Waals surface area contributed by atoms with Crippen LogP contribution in [0.4, 0.5) is 9.18 Å². The molecule has 0 unspecified atom stereocenters. The summed E-state index contributed by atoms with van der Waals surface area (Å²) in [6.07, 6.45) is 1.47. The highest BCUT2D eigenvalue weighted by molar-refractivity contribution is 5.70. The molecule has 3 heterocycles. The lowest BCUT2D eigenvalue weighted by atomic mass is 9.94. The molecule has 1 aliphatic rings. The molecule has 1 aromatic carbocycles. The molecule has 0 spiro atoms. The van der Waals surface area contributed by atoms with E-state index >= 15 is 0 Å². The van der Waals surface area contributed by atoms with Gasteiger partial charge in [-0.1, -0.05) is 19.9 Å². The van der Waals surface area contributed by atoms with Gasteiger partial charge >= 0.3 is 6.09 Å². The van der Waals surface area contributed by atoms with E-state index < -0.39 is 34.7 Å². The van der Waals surface area contributed by atoms with Crippen molar-refractivity contribution in [3.05, 3.63) is 57.9 Å². The molecule has 11 nitrogen and oxygen atoms in total. The summed E-state index contributed by atoms with van der Waals surface area (Å²) in [5.74, 6) is -0.899.